The molecule has 13 heteroatoms. The molecule has 3 aromatic heterocycles. The van der Waals surface area contributed by atoms with Crippen LogP contribution < -0.4 is 15.5 Å². The van der Waals surface area contributed by atoms with Crippen molar-refractivity contribution in [1.82, 2.24) is 29.1 Å². The molecule has 0 aliphatic heterocycles. The lowest BCUT2D eigenvalue weighted by Gasteiger charge is -2.12. The van der Waals surface area contributed by atoms with E-state index in [1.165, 1.54) is 4.68 Å². The highest BCUT2D eigenvalue weighted by atomic mass is 35.5. The fourth-order valence-corrected chi connectivity index (χ4v) is 5.63. The summed E-state index contributed by atoms with van der Waals surface area (Å²) in [6.45, 7) is 2.45. The van der Waals surface area contributed by atoms with Crippen molar-refractivity contribution in [3.8, 4) is 11.3 Å². The Hall–Kier alpha value is -2.60. The molecule has 4 rings (SSSR count). The van der Waals surface area contributed by atoms with E-state index in [-0.39, 0.29) is 16.6 Å². The number of nitrogens with zero attached hydrogens (tertiary/aromatic N) is 5. The second-order valence-corrected chi connectivity index (χ2v) is 10.2. The van der Waals surface area contributed by atoms with Crippen molar-refractivity contribution in [2.24, 2.45) is 7.05 Å². The average molecular weight is 518 g/mol. The predicted molar refractivity (Wildman–Crippen MR) is 135 cm³/mol. The van der Waals surface area contributed by atoms with E-state index < -0.39 is 10.0 Å². The maximum absolute atomic E-state index is 12.6. The van der Waals surface area contributed by atoms with Gasteiger partial charge in [-0.1, -0.05) is 41.4 Å². The molecule has 9 nitrogen and oxygen atoms in total. The number of halogens is 2. The van der Waals surface area contributed by atoms with Crippen LogP contribution in [0.4, 0.5) is 5.82 Å². The molecule has 0 amide bonds. The van der Waals surface area contributed by atoms with E-state index in [0.717, 1.165) is 5.56 Å². The molecule has 0 fully saturated rings. The maximum Gasteiger partial charge on any atom is 0.245 e. The number of hydrogen-bond acceptors (Lipinski definition) is 6. The molecule has 2 N–H and O–H groups in total. The van der Waals surface area contributed by atoms with Gasteiger partial charge in [0.15, 0.2) is 5.65 Å². The van der Waals surface area contributed by atoms with E-state index in [2.05, 4.69) is 25.2 Å². The van der Waals surface area contributed by atoms with Gasteiger partial charge in [-0.2, -0.15) is 14.7 Å². The summed E-state index contributed by atoms with van der Waals surface area (Å²) in [6.07, 6.45) is 2.85. The predicted octanol–water partition coefficient (Wildman–Crippen LogP) is 2.71. The molecule has 0 bridgehead atoms. The van der Waals surface area contributed by atoms with Gasteiger partial charge in [-0.3, -0.25) is 4.68 Å². The van der Waals surface area contributed by atoms with E-state index in [1.54, 1.807) is 30.8 Å². The molecule has 0 aliphatic carbocycles. The molecule has 34 heavy (non-hydrogen) atoms. The zero-order chi connectivity index (χ0) is 24.5. The molecule has 0 aliphatic rings. The third-order valence-corrected chi connectivity index (χ3v) is 7.71. The van der Waals surface area contributed by atoms with Crippen LogP contribution in [0.25, 0.3) is 16.9 Å². The highest BCUT2D eigenvalue weighted by molar-refractivity contribution is 7.89. The third kappa shape index (κ3) is 4.93. The normalized spacial score (nSPS) is 11.9. The minimum atomic E-state index is -3.74. The van der Waals surface area contributed by atoms with Crippen molar-refractivity contribution in [3.63, 3.8) is 0 Å². The summed E-state index contributed by atoms with van der Waals surface area (Å²) < 4.78 is 30.7. The number of nitrogens with one attached hydrogen (secondary N) is 2. The molecule has 176 valence electrons. The van der Waals surface area contributed by atoms with Crippen LogP contribution in [-0.4, -0.2) is 53.7 Å². The standard InChI is InChI=1S/C21H22BCl2N7O2S/c1-13-19(20(24)30(2)29-13)34(32,33)27-10-6-5-9-25-18-11-17(14-7-3-4-8-16(14)23)28-21-15(22)12-26-31(18)21/h3-4,7-8,11-12,25,27H,5-6,9-10H2,1-2H3. The number of aromatic nitrogens is 5. The SMILES string of the molecule is [B]c1cnn2c(NCCCCNS(=O)(=O)c3c(C)nn(C)c3Cl)cc(-c3ccccc3Cl)nc12. The van der Waals surface area contributed by atoms with Gasteiger partial charge in [0.1, 0.15) is 23.7 Å². The Kier molecular flexibility index (Phi) is 7.18. The quantitative estimate of drug-likeness (QED) is 0.261. The molecule has 0 atom stereocenters. The lowest BCUT2D eigenvalue weighted by Crippen LogP contribution is -2.25. The summed E-state index contributed by atoms with van der Waals surface area (Å²) in [4.78, 5) is 4.62. The summed E-state index contributed by atoms with van der Waals surface area (Å²) in [5.41, 5.74) is 2.79. The minimum absolute atomic E-state index is 0.0114. The van der Waals surface area contributed by atoms with E-state index >= 15 is 0 Å². The van der Waals surface area contributed by atoms with Crippen LogP contribution in [0.2, 0.25) is 10.2 Å². The molecule has 0 saturated carbocycles. The molecule has 0 spiro atoms. The zero-order valence-corrected chi connectivity index (χ0v) is 20.9. The number of hydrogen-bond donors (Lipinski definition) is 2. The topological polar surface area (TPSA) is 106 Å². The number of fused-ring (bicyclic) bond motifs is 1. The van der Waals surface area contributed by atoms with Crippen molar-refractivity contribution in [2.45, 2.75) is 24.7 Å². The van der Waals surface area contributed by atoms with Gasteiger partial charge in [0.25, 0.3) is 0 Å². The van der Waals surface area contributed by atoms with Gasteiger partial charge in [-0.15, -0.1) is 0 Å². The van der Waals surface area contributed by atoms with Crippen molar-refractivity contribution < 1.29 is 8.42 Å². The smallest absolute Gasteiger partial charge is 0.245 e. The summed E-state index contributed by atoms with van der Waals surface area (Å²) in [5, 5.41) is 12.3. The van der Waals surface area contributed by atoms with Crippen LogP contribution >= 0.6 is 23.2 Å². The lowest BCUT2D eigenvalue weighted by atomic mass is 10.0. The molecule has 0 unspecified atom stereocenters. The van der Waals surface area contributed by atoms with E-state index in [0.29, 0.717) is 52.7 Å². The summed E-state index contributed by atoms with van der Waals surface area (Å²) in [7, 11) is 3.91. The van der Waals surface area contributed by atoms with Crippen LogP contribution in [-0.2, 0) is 17.1 Å². The monoisotopic (exact) mass is 517 g/mol. The minimum Gasteiger partial charge on any atom is -0.370 e. The summed E-state index contributed by atoms with van der Waals surface area (Å²) in [6, 6.07) is 9.29. The second kappa shape index (κ2) is 9.95. The van der Waals surface area contributed by atoms with Gasteiger partial charge in [0.2, 0.25) is 10.0 Å². The van der Waals surface area contributed by atoms with Crippen LogP contribution in [0.1, 0.15) is 18.5 Å². The van der Waals surface area contributed by atoms with Crippen molar-refractivity contribution in [1.29, 1.82) is 0 Å². The summed E-state index contributed by atoms with van der Waals surface area (Å²) in [5.74, 6) is 0.704. The van der Waals surface area contributed by atoms with Gasteiger partial charge >= 0.3 is 0 Å². The van der Waals surface area contributed by atoms with Crippen molar-refractivity contribution in [3.05, 3.63) is 52.4 Å². The summed E-state index contributed by atoms with van der Waals surface area (Å²) >= 11 is 12.4. The molecule has 3 heterocycles. The first-order valence-corrected chi connectivity index (χ1v) is 12.7. The lowest BCUT2D eigenvalue weighted by molar-refractivity contribution is 0.577. The maximum atomic E-state index is 12.6. The van der Waals surface area contributed by atoms with E-state index in [9.17, 15) is 8.42 Å². The first kappa shape index (κ1) is 24.5. The Morgan fingerprint density at radius 3 is 2.59 bits per heavy atom. The van der Waals surface area contributed by atoms with Crippen LogP contribution in [0.15, 0.2) is 41.4 Å². The molecule has 0 saturated heterocycles. The third-order valence-electron chi connectivity index (χ3n) is 5.22. The van der Waals surface area contributed by atoms with Gasteiger partial charge in [-0.25, -0.2) is 18.1 Å². The van der Waals surface area contributed by atoms with Gasteiger partial charge in [0.05, 0.1) is 11.4 Å². The Morgan fingerprint density at radius 1 is 1.15 bits per heavy atom. The number of sulfonamides is 1. The Morgan fingerprint density at radius 2 is 1.88 bits per heavy atom. The average Bonchev–Trinajstić information content (AvgIpc) is 3.29. The zero-order valence-electron chi connectivity index (χ0n) is 18.6. The van der Waals surface area contributed by atoms with Gasteiger partial charge in [0, 0.05) is 43.0 Å². The molecule has 2 radical (unpaired) electrons. The Balaban J connectivity index is 1.40. The van der Waals surface area contributed by atoms with Crippen molar-refractivity contribution in [2.75, 3.05) is 18.4 Å². The first-order valence-electron chi connectivity index (χ1n) is 10.5. The van der Waals surface area contributed by atoms with Crippen LogP contribution in [0.5, 0.6) is 0 Å². The van der Waals surface area contributed by atoms with E-state index in [1.807, 2.05) is 24.3 Å². The molecule has 4 aromatic rings. The van der Waals surface area contributed by atoms with Gasteiger partial charge < -0.3 is 5.32 Å². The first-order chi connectivity index (χ1) is 16.2. The van der Waals surface area contributed by atoms with Crippen LogP contribution in [0.3, 0.4) is 0 Å². The number of benzene rings is 1. The number of rotatable bonds is 9. The van der Waals surface area contributed by atoms with Crippen LogP contribution in [0, 0.1) is 6.92 Å². The Bertz CT molecular complexity index is 1450. The highest BCUT2D eigenvalue weighted by Crippen LogP contribution is 2.28. The Labute approximate surface area is 208 Å². The number of anilines is 1. The van der Waals surface area contributed by atoms with Crippen molar-refractivity contribution >= 4 is 58.0 Å². The molecule has 1 aromatic carbocycles. The number of aryl methyl sites for hydroxylation is 2. The molecular weight excluding hydrogens is 496 g/mol. The second-order valence-electron chi connectivity index (χ2n) is 7.70. The molecular formula is C21H22BCl2N7O2S. The highest BCUT2D eigenvalue weighted by Gasteiger charge is 2.24. The largest absolute Gasteiger partial charge is 0.370 e. The number of unbranched alkanes of at least 4 members (excludes halogenated alkanes) is 1. The fraction of sp³-hybridized carbons (Fsp3) is 0.286. The van der Waals surface area contributed by atoms with Gasteiger partial charge in [-0.05, 0) is 31.3 Å². The van der Waals surface area contributed by atoms with E-state index in [4.69, 9.17) is 31.0 Å². The fourth-order valence-electron chi connectivity index (χ4n) is 3.57.